The zero-order valence-electron chi connectivity index (χ0n) is 30.5. The summed E-state index contributed by atoms with van der Waals surface area (Å²) >= 11 is 0. The van der Waals surface area contributed by atoms with Gasteiger partial charge in [-0.2, -0.15) is 0 Å². The smallest absolute Gasteiger partial charge is 0.326 e. The normalized spacial score (nSPS) is 14.9. The molecule has 0 saturated carbocycles. The summed E-state index contributed by atoms with van der Waals surface area (Å²) in [5, 5.41) is 42.5. The first-order valence-corrected chi connectivity index (χ1v) is 17.0. The van der Waals surface area contributed by atoms with Crippen molar-refractivity contribution in [1.82, 2.24) is 15.5 Å². The molecule has 3 unspecified atom stereocenters. The number of carboxylic acids is 2. The second-order valence-corrected chi connectivity index (χ2v) is 14.0. The standard InChI is InChI=1S/C38H44N6O10/c1-22(45)43-20-25-16-27(40-32(21-44(52)53)39-26-10-13-28(54-5)14-11-26)12-15-29(25)34(43)35(47)42-31(37(50)51)18-24-9-7-6-8-23(24)17-30(36(48)49)41-33(46)19-38(2,3)4/h6-16,21,30-31,34,39-40H,17-20H2,1-5H3,(H,41,46)(H,42,47)(H,48,49)(H,50,51)/b32-21-. The van der Waals surface area contributed by atoms with Gasteiger partial charge in [-0.15, -0.1) is 0 Å². The maximum atomic E-state index is 13.8. The fourth-order valence-corrected chi connectivity index (χ4v) is 6.07. The monoisotopic (exact) mass is 744 g/mol. The molecule has 0 spiro atoms. The lowest BCUT2D eigenvalue weighted by atomic mass is 9.91. The van der Waals surface area contributed by atoms with E-state index in [0.29, 0.717) is 39.4 Å². The second-order valence-electron chi connectivity index (χ2n) is 14.0. The van der Waals surface area contributed by atoms with Crippen molar-refractivity contribution in [3.05, 3.63) is 111 Å². The lowest BCUT2D eigenvalue weighted by molar-refractivity contribution is -0.403. The fourth-order valence-electron chi connectivity index (χ4n) is 6.07. The van der Waals surface area contributed by atoms with E-state index in [1.54, 1.807) is 66.7 Å². The quantitative estimate of drug-likeness (QED) is 0.0901. The van der Waals surface area contributed by atoms with Crippen LogP contribution in [-0.4, -0.2) is 68.9 Å². The van der Waals surface area contributed by atoms with Crippen LogP contribution < -0.4 is 26.0 Å². The van der Waals surface area contributed by atoms with Crippen molar-refractivity contribution in [2.24, 2.45) is 5.41 Å². The number of anilines is 2. The van der Waals surface area contributed by atoms with E-state index in [1.165, 1.54) is 18.9 Å². The number of nitrogens with zero attached hydrogens (tertiary/aromatic N) is 2. The second kappa shape index (κ2) is 17.4. The highest BCUT2D eigenvalue weighted by atomic mass is 16.6. The van der Waals surface area contributed by atoms with Gasteiger partial charge in [0.25, 0.3) is 6.20 Å². The SMILES string of the molecule is COc1ccc(N/C(=C/[N+](=O)[O-])Nc2ccc3c(c2)CN(C(C)=O)C3C(=O)NC(Cc2ccccc2CC(NC(=O)CC(C)(C)C)C(=O)O)C(=O)O)cc1. The number of carboxylic acid groups (broad SMARTS) is 2. The number of carbonyl (C=O) groups is 5. The number of benzene rings is 3. The van der Waals surface area contributed by atoms with Crippen LogP contribution in [0.4, 0.5) is 11.4 Å². The van der Waals surface area contributed by atoms with Gasteiger partial charge in [0, 0.05) is 44.1 Å². The molecule has 3 aromatic carbocycles. The lowest BCUT2D eigenvalue weighted by Crippen LogP contribution is -2.47. The summed E-state index contributed by atoms with van der Waals surface area (Å²) in [4.78, 5) is 75.8. The topological polar surface area (TPSA) is 230 Å². The van der Waals surface area contributed by atoms with Crippen LogP contribution in [0.15, 0.2) is 78.8 Å². The number of rotatable bonds is 16. The third-order valence-corrected chi connectivity index (χ3v) is 8.53. The van der Waals surface area contributed by atoms with E-state index >= 15 is 0 Å². The average Bonchev–Trinajstić information content (AvgIpc) is 3.47. The summed E-state index contributed by atoms with van der Waals surface area (Å²) in [5.41, 5.74) is 2.52. The Labute approximate surface area is 311 Å². The first-order chi connectivity index (χ1) is 25.4. The van der Waals surface area contributed by atoms with E-state index in [4.69, 9.17) is 4.74 Å². The summed E-state index contributed by atoms with van der Waals surface area (Å²) in [5.74, 6) is -3.60. The lowest BCUT2D eigenvalue weighted by Gasteiger charge is -2.25. The number of nitrogens with one attached hydrogen (secondary N) is 4. The Morgan fingerprint density at radius 1 is 0.907 bits per heavy atom. The summed E-state index contributed by atoms with van der Waals surface area (Å²) < 4.78 is 5.15. The highest BCUT2D eigenvalue weighted by Gasteiger charge is 2.39. The number of hydrogen-bond donors (Lipinski definition) is 6. The molecule has 0 aromatic heterocycles. The molecule has 1 heterocycles. The van der Waals surface area contributed by atoms with Crippen LogP contribution in [0.25, 0.3) is 0 Å². The Balaban J connectivity index is 1.53. The fraction of sp³-hybridized carbons (Fsp3) is 0.342. The van der Waals surface area contributed by atoms with Crippen LogP contribution in [-0.2, 0) is 43.4 Å². The minimum absolute atomic E-state index is 0.0105. The van der Waals surface area contributed by atoms with Gasteiger partial charge in [0.05, 0.1) is 12.0 Å². The van der Waals surface area contributed by atoms with Gasteiger partial charge >= 0.3 is 11.9 Å². The molecule has 0 radical (unpaired) electrons. The van der Waals surface area contributed by atoms with Gasteiger partial charge in [0.15, 0.2) is 5.82 Å². The van der Waals surface area contributed by atoms with E-state index in [9.17, 15) is 44.3 Å². The van der Waals surface area contributed by atoms with Gasteiger partial charge < -0.3 is 41.1 Å². The average molecular weight is 745 g/mol. The van der Waals surface area contributed by atoms with Crippen LogP contribution in [0.3, 0.4) is 0 Å². The van der Waals surface area contributed by atoms with E-state index in [-0.39, 0.29) is 37.0 Å². The van der Waals surface area contributed by atoms with Gasteiger partial charge in [-0.25, -0.2) is 9.59 Å². The van der Waals surface area contributed by atoms with Gasteiger partial charge in [-0.05, 0) is 64.1 Å². The molecule has 3 atom stereocenters. The van der Waals surface area contributed by atoms with Crippen molar-refractivity contribution < 1.29 is 43.8 Å². The van der Waals surface area contributed by atoms with Gasteiger partial charge in [-0.1, -0.05) is 51.1 Å². The number of carbonyl (C=O) groups excluding carboxylic acids is 3. The number of ether oxygens (including phenoxy) is 1. The number of hydrogen-bond acceptors (Lipinski definition) is 10. The molecule has 16 heteroatoms. The molecule has 3 aromatic rings. The minimum Gasteiger partial charge on any atom is -0.497 e. The highest BCUT2D eigenvalue weighted by molar-refractivity contribution is 5.92. The Bertz CT molecular complexity index is 1940. The van der Waals surface area contributed by atoms with Crippen LogP contribution in [0.5, 0.6) is 5.75 Å². The largest absolute Gasteiger partial charge is 0.497 e. The number of methoxy groups -OCH3 is 1. The van der Waals surface area contributed by atoms with Gasteiger partial charge in [0.1, 0.15) is 23.9 Å². The molecular weight excluding hydrogens is 700 g/mol. The molecule has 1 aliphatic rings. The predicted molar refractivity (Wildman–Crippen MR) is 198 cm³/mol. The van der Waals surface area contributed by atoms with Crippen molar-refractivity contribution in [3.63, 3.8) is 0 Å². The van der Waals surface area contributed by atoms with E-state index < -0.39 is 52.7 Å². The Morgan fingerprint density at radius 2 is 1.46 bits per heavy atom. The van der Waals surface area contributed by atoms with Crippen molar-refractivity contribution in [1.29, 1.82) is 0 Å². The zero-order chi connectivity index (χ0) is 39.7. The summed E-state index contributed by atoms with van der Waals surface area (Å²) in [7, 11) is 1.52. The van der Waals surface area contributed by atoms with Gasteiger partial charge in [0.2, 0.25) is 17.7 Å². The Morgan fingerprint density at radius 3 is 1.98 bits per heavy atom. The van der Waals surface area contributed by atoms with Crippen LogP contribution in [0.1, 0.15) is 62.4 Å². The van der Waals surface area contributed by atoms with Crippen molar-refractivity contribution in [3.8, 4) is 5.75 Å². The van der Waals surface area contributed by atoms with Crippen molar-refractivity contribution >= 4 is 41.0 Å². The minimum atomic E-state index is -1.46. The Hall–Kier alpha value is -6.45. The van der Waals surface area contributed by atoms with Crippen molar-refractivity contribution in [2.75, 3.05) is 17.7 Å². The van der Waals surface area contributed by atoms with Crippen LogP contribution in [0.2, 0.25) is 0 Å². The number of nitro groups is 1. The number of aliphatic carboxylic acids is 2. The summed E-state index contributed by atoms with van der Waals surface area (Å²) in [6.07, 6.45) is 0.520. The van der Waals surface area contributed by atoms with Gasteiger partial charge in [-0.3, -0.25) is 24.5 Å². The molecule has 286 valence electrons. The molecule has 0 bridgehead atoms. The molecular formula is C38H44N6O10. The highest BCUT2D eigenvalue weighted by Crippen LogP contribution is 2.36. The molecule has 0 aliphatic carbocycles. The molecule has 54 heavy (non-hydrogen) atoms. The number of amides is 3. The van der Waals surface area contributed by atoms with Crippen molar-refractivity contribution in [2.45, 2.75) is 71.6 Å². The number of fused-ring (bicyclic) bond motifs is 1. The molecule has 6 N–H and O–H groups in total. The maximum Gasteiger partial charge on any atom is 0.326 e. The molecule has 16 nitrogen and oxygen atoms in total. The predicted octanol–water partition coefficient (Wildman–Crippen LogP) is 4.06. The summed E-state index contributed by atoms with van der Waals surface area (Å²) in [6.45, 7) is 6.85. The molecule has 3 amide bonds. The molecule has 0 saturated heterocycles. The molecule has 0 fully saturated rings. The molecule has 4 rings (SSSR count). The third kappa shape index (κ3) is 11.0. The van der Waals surface area contributed by atoms with E-state index in [0.717, 1.165) is 6.20 Å². The van der Waals surface area contributed by atoms with Crippen LogP contribution >= 0.6 is 0 Å². The first-order valence-electron chi connectivity index (χ1n) is 17.0. The summed E-state index contributed by atoms with van der Waals surface area (Å²) in [6, 6.07) is 14.2. The first kappa shape index (κ1) is 40.3. The third-order valence-electron chi connectivity index (χ3n) is 8.53. The molecule has 1 aliphatic heterocycles. The Kier molecular flexibility index (Phi) is 13.0. The van der Waals surface area contributed by atoms with Crippen LogP contribution in [0, 0.1) is 15.5 Å². The van der Waals surface area contributed by atoms with E-state index in [2.05, 4.69) is 21.3 Å². The van der Waals surface area contributed by atoms with E-state index in [1.807, 2.05) is 20.8 Å². The maximum absolute atomic E-state index is 13.8. The zero-order valence-corrected chi connectivity index (χ0v) is 30.5.